The highest BCUT2D eigenvalue weighted by molar-refractivity contribution is 5.98. The van der Waals surface area contributed by atoms with Gasteiger partial charge in [-0.2, -0.15) is 5.26 Å². The maximum atomic E-state index is 13.0. The molecule has 1 fully saturated rings. The molecule has 30 heavy (non-hydrogen) atoms. The lowest BCUT2D eigenvalue weighted by atomic mass is 9.87. The van der Waals surface area contributed by atoms with E-state index < -0.39 is 5.54 Å². The first kappa shape index (κ1) is 22.1. The Morgan fingerprint density at radius 1 is 1.17 bits per heavy atom. The summed E-state index contributed by atoms with van der Waals surface area (Å²) >= 11 is 0. The summed E-state index contributed by atoms with van der Waals surface area (Å²) in [4.78, 5) is 27.7. The molecule has 0 bridgehead atoms. The third-order valence-electron chi connectivity index (χ3n) is 6.42. The summed E-state index contributed by atoms with van der Waals surface area (Å²) in [7, 11) is 0. The quantitative estimate of drug-likeness (QED) is 0.721. The Morgan fingerprint density at radius 3 is 2.40 bits per heavy atom. The molecule has 2 aliphatic rings. The van der Waals surface area contributed by atoms with Gasteiger partial charge in [0, 0.05) is 11.5 Å². The number of hydrogen-bond donors (Lipinski definition) is 1. The summed E-state index contributed by atoms with van der Waals surface area (Å²) in [5.74, 6) is 1.20. The molecule has 0 radical (unpaired) electrons. The molecule has 2 heterocycles. The van der Waals surface area contributed by atoms with Gasteiger partial charge in [-0.25, -0.2) is 0 Å². The Kier molecular flexibility index (Phi) is 6.67. The van der Waals surface area contributed by atoms with Crippen LogP contribution >= 0.6 is 0 Å². The first-order valence-corrected chi connectivity index (χ1v) is 10.7. The Labute approximate surface area is 178 Å². The van der Waals surface area contributed by atoms with Crippen molar-refractivity contribution in [3.63, 3.8) is 0 Å². The predicted octanol–water partition coefficient (Wildman–Crippen LogP) is 2.80. The second kappa shape index (κ2) is 9.05. The molecular weight excluding hydrogens is 382 g/mol. The summed E-state index contributed by atoms with van der Waals surface area (Å²) in [5.41, 5.74) is -0.247. The highest BCUT2D eigenvalue weighted by Crippen LogP contribution is 2.32. The Morgan fingerprint density at radius 2 is 1.80 bits per heavy atom. The Bertz CT molecular complexity index is 839. The number of amides is 1. The molecular formula is C23H31N3O4. The minimum atomic E-state index is -0.891. The molecule has 1 saturated heterocycles. The lowest BCUT2D eigenvalue weighted by molar-refractivity contribution is -0.128. The lowest BCUT2D eigenvalue weighted by Gasteiger charge is -2.36. The van der Waals surface area contributed by atoms with Gasteiger partial charge in [-0.3, -0.25) is 14.5 Å². The van der Waals surface area contributed by atoms with Crippen LogP contribution in [0, 0.1) is 23.2 Å². The van der Waals surface area contributed by atoms with Crippen LogP contribution in [0.15, 0.2) is 18.2 Å². The highest BCUT2D eigenvalue weighted by Gasteiger charge is 2.35. The number of carbonyl (C=O) groups is 2. The number of rotatable bonds is 6. The SMILES string of the molecule is CC(C)[C@@](C)(C#N)NC(=O)[C@H](C)N1CCC(C(=O)c2ccc3c(c2)OCCO3)CC1. The summed E-state index contributed by atoms with van der Waals surface area (Å²) in [6, 6.07) is 7.23. The molecule has 3 rings (SSSR count). The van der Waals surface area contributed by atoms with Crippen molar-refractivity contribution in [1.82, 2.24) is 10.2 Å². The van der Waals surface area contributed by atoms with E-state index in [1.807, 2.05) is 20.8 Å². The van der Waals surface area contributed by atoms with Gasteiger partial charge in [0.15, 0.2) is 17.3 Å². The largest absolute Gasteiger partial charge is 0.486 e. The molecule has 7 nitrogen and oxygen atoms in total. The van der Waals surface area contributed by atoms with Crippen LogP contribution in [-0.2, 0) is 4.79 Å². The summed E-state index contributed by atoms with van der Waals surface area (Å²) in [6.07, 6.45) is 1.40. The van der Waals surface area contributed by atoms with Gasteiger partial charge >= 0.3 is 0 Å². The standard InChI is InChI=1S/C23H31N3O4/c1-15(2)23(4,14-24)25-22(28)16(3)26-9-7-17(8-10-26)21(27)18-5-6-19-20(13-18)30-12-11-29-19/h5-6,13,15-17H,7-12H2,1-4H3,(H,25,28)/t16-,23+/m0/s1. The maximum Gasteiger partial charge on any atom is 0.238 e. The van der Waals surface area contributed by atoms with Crippen molar-refractivity contribution >= 4 is 11.7 Å². The molecule has 0 aliphatic carbocycles. The highest BCUT2D eigenvalue weighted by atomic mass is 16.6. The summed E-state index contributed by atoms with van der Waals surface area (Å²) in [5, 5.41) is 12.3. The van der Waals surface area contributed by atoms with Crippen LogP contribution in [0.1, 0.15) is 50.9 Å². The number of nitrogens with zero attached hydrogens (tertiary/aromatic N) is 2. The number of nitrogens with one attached hydrogen (secondary N) is 1. The van der Waals surface area contributed by atoms with E-state index in [9.17, 15) is 14.9 Å². The Balaban J connectivity index is 1.57. The van der Waals surface area contributed by atoms with Crippen LogP contribution in [0.4, 0.5) is 0 Å². The summed E-state index contributed by atoms with van der Waals surface area (Å²) in [6.45, 7) is 9.80. The van der Waals surface area contributed by atoms with E-state index in [0.29, 0.717) is 56.2 Å². The molecule has 0 saturated carbocycles. The van der Waals surface area contributed by atoms with E-state index in [2.05, 4.69) is 16.3 Å². The zero-order chi connectivity index (χ0) is 21.9. The van der Waals surface area contributed by atoms with Crippen LogP contribution in [-0.4, -0.2) is 54.5 Å². The average Bonchev–Trinajstić information content (AvgIpc) is 2.77. The van der Waals surface area contributed by atoms with Gasteiger partial charge in [0.05, 0.1) is 12.1 Å². The third kappa shape index (κ3) is 4.59. The molecule has 1 amide bonds. The van der Waals surface area contributed by atoms with Crippen LogP contribution in [0.25, 0.3) is 0 Å². The van der Waals surface area contributed by atoms with Gasteiger partial charge in [0.1, 0.15) is 18.8 Å². The van der Waals surface area contributed by atoms with Crippen LogP contribution in [0.3, 0.4) is 0 Å². The number of hydrogen-bond acceptors (Lipinski definition) is 6. The van der Waals surface area contributed by atoms with E-state index in [-0.39, 0.29) is 29.6 Å². The van der Waals surface area contributed by atoms with Crippen molar-refractivity contribution in [1.29, 1.82) is 5.26 Å². The Hall–Kier alpha value is -2.59. The zero-order valence-electron chi connectivity index (χ0n) is 18.2. The smallest absolute Gasteiger partial charge is 0.238 e. The average molecular weight is 414 g/mol. The molecule has 1 aromatic rings. The first-order chi connectivity index (χ1) is 14.2. The minimum absolute atomic E-state index is 0.00741. The van der Waals surface area contributed by atoms with Crippen molar-refractivity contribution in [2.75, 3.05) is 26.3 Å². The van der Waals surface area contributed by atoms with Gasteiger partial charge < -0.3 is 14.8 Å². The van der Waals surface area contributed by atoms with Gasteiger partial charge in [-0.15, -0.1) is 0 Å². The van der Waals surface area contributed by atoms with Crippen molar-refractivity contribution in [2.45, 2.75) is 52.1 Å². The van der Waals surface area contributed by atoms with Gasteiger partial charge in [-0.1, -0.05) is 13.8 Å². The number of Topliss-reactive ketones (excluding diaryl/α,β-unsaturated/α-hetero) is 1. The normalized spacial score (nSPS) is 20.1. The number of ketones is 1. The molecule has 0 spiro atoms. The predicted molar refractivity (Wildman–Crippen MR) is 113 cm³/mol. The third-order valence-corrected chi connectivity index (χ3v) is 6.42. The fourth-order valence-electron chi connectivity index (χ4n) is 3.81. The number of benzene rings is 1. The molecule has 1 N–H and O–H groups in total. The number of fused-ring (bicyclic) bond motifs is 1. The van der Waals surface area contributed by atoms with E-state index in [0.717, 1.165) is 0 Å². The molecule has 162 valence electrons. The molecule has 2 aliphatic heterocycles. The minimum Gasteiger partial charge on any atom is -0.486 e. The number of piperidine rings is 1. The first-order valence-electron chi connectivity index (χ1n) is 10.7. The zero-order valence-corrected chi connectivity index (χ0v) is 18.2. The van der Waals surface area contributed by atoms with E-state index in [1.165, 1.54) is 0 Å². The molecule has 0 unspecified atom stereocenters. The molecule has 0 aromatic heterocycles. The van der Waals surface area contributed by atoms with Crippen LogP contribution < -0.4 is 14.8 Å². The van der Waals surface area contributed by atoms with Crippen molar-refractivity contribution in [3.05, 3.63) is 23.8 Å². The number of likely N-dealkylation sites (tertiary alicyclic amines) is 1. The number of carbonyl (C=O) groups excluding carboxylic acids is 2. The molecule has 2 atom stereocenters. The van der Waals surface area contributed by atoms with Crippen molar-refractivity contribution < 1.29 is 19.1 Å². The molecule has 7 heteroatoms. The van der Waals surface area contributed by atoms with Gasteiger partial charge in [0.25, 0.3) is 0 Å². The number of ether oxygens (including phenoxy) is 2. The van der Waals surface area contributed by atoms with Crippen LogP contribution in [0.2, 0.25) is 0 Å². The number of nitriles is 1. The van der Waals surface area contributed by atoms with E-state index >= 15 is 0 Å². The maximum absolute atomic E-state index is 13.0. The monoisotopic (exact) mass is 413 g/mol. The van der Waals surface area contributed by atoms with Crippen molar-refractivity contribution in [2.24, 2.45) is 11.8 Å². The van der Waals surface area contributed by atoms with Crippen LogP contribution in [0.5, 0.6) is 11.5 Å². The van der Waals surface area contributed by atoms with E-state index in [1.54, 1.807) is 25.1 Å². The lowest BCUT2D eigenvalue weighted by Crippen LogP contribution is -2.56. The fraction of sp³-hybridized carbons (Fsp3) is 0.609. The topological polar surface area (TPSA) is 91.7 Å². The second-order valence-electron chi connectivity index (χ2n) is 8.67. The van der Waals surface area contributed by atoms with Crippen molar-refractivity contribution in [3.8, 4) is 17.6 Å². The molecule has 1 aromatic carbocycles. The van der Waals surface area contributed by atoms with Gasteiger partial charge in [0.2, 0.25) is 5.91 Å². The van der Waals surface area contributed by atoms with Gasteiger partial charge in [-0.05, 0) is 63.9 Å². The fourth-order valence-corrected chi connectivity index (χ4v) is 3.81. The second-order valence-corrected chi connectivity index (χ2v) is 8.67. The summed E-state index contributed by atoms with van der Waals surface area (Å²) < 4.78 is 11.1. The van der Waals surface area contributed by atoms with E-state index in [4.69, 9.17) is 9.47 Å².